The van der Waals surface area contributed by atoms with Gasteiger partial charge in [0.2, 0.25) is 0 Å². The number of benzene rings is 2. The summed E-state index contributed by atoms with van der Waals surface area (Å²) in [6.45, 7) is 6.84. The zero-order valence-electron chi connectivity index (χ0n) is 23.6. The van der Waals surface area contributed by atoms with Crippen molar-refractivity contribution < 1.29 is 32.4 Å². The van der Waals surface area contributed by atoms with Crippen molar-refractivity contribution in [2.75, 3.05) is 36.8 Å². The van der Waals surface area contributed by atoms with Crippen LogP contribution in [-0.4, -0.2) is 79.3 Å². The maximum Gasteiger partial charge on any atom is 0.321 e. The van der Waals surface area contributed by atoms with Crippen LogP contribution in [0.1, 0.15) is 35.7 Å². The molecule has 0 aliphatic carbocycles. The molecule has 1 aliphatic heterocycles. The first-order valence-electron chi connectivity index (χ1n) is 13.2. The second-order valence-corrected chi connectivity index (χ2v) is 11.9. The highest BCUT2D eigenvalue weighted by Crippen LogP contribution is 2.32. The Bertz CT molecular complexity index is 1490. The van der Waals surface area contributed by atoms with E-state index in [4.69, 9.17) is 9.26 Å². The lowest BCUT2D eigenvalue weighted by Gasteiger charge is -2.38. The van der Waals surface area contributed by atoms with Crippen molar-refractivity contribution in [3.63, 3.8) is 0 Å². The first-order chi connectivity index (χ1) is 19.4. The predicted octanol–water partition coefficient (Wildman–Crippen LogP) is 3.48. The van der Waals surface area contributed by atoms with Gasteiger partial charge in [0.05, 0.1) is 24.8 Å². The summed E-state index contributed by atoms with van der Waals surface area (Å²) in [7, 11) is -2.41. The molecule has 41 heavy (non-hydrogen) atoms. The van der Waals surface area contributed by atoms with Gasteiger partial charge in [0.15, 0.2) is 10.7 Å². The summed E-state index contributed by atoms with van der Waals surface area (Å²) in [4.78, 5) is 29.5. The maximum absolute atomic E-state index is 13.7. The Hall–Kier alpha value is -4.10. The van der Waals surface area contributed by atoms with Crippen LogP contribution in [-0.2, 0) is 10.0 Å². The van der Waals surface area contributed by atoms with Gasteiger partial charge in [0.25, 0.3) is 15.9 Å². The highest BCUT2D eigenvalue weighted by molar-refractivity contribution is 7.92. The van der Waals surface area contributed by atoms with Gasteiger partial charge in [0.1, 0.15) is 17.5 Å². The summed E-state index contributed by atoms with van der Waals surface area (Å²) in [5.74, 6) is -0.258. The van der Waals surface area contributed by atoms with E-state index >= 15 is 0 Å². The second-order valence-electron chi connectivity index (χ2n) is 10.3. The summed E-state index contributed by atoms with van der Waals surface area (Å²) >= 11 is 0. The Morgan fingerprint density at radius 3 is 2.54 bits per heavy atom. The topological polar surface area (TPSA) is 154 Å². The number of ether oxygens (including phenoxy) is 1. The highest BCUT2D eigenvalue weighted by atomic mass is 32.2. The van der Waals surface area contributed by atoms with Crippen LogP contribution in [0.3, 0.4) is 0 Å². The number of rotatable bonds is 8. The molecule has 1 aromatic heterocycles. The maximum atomic E-state index is 13.7. The van der Waals surface area contributed by atoms with Gasteiger partial charge in [0, 0.05) is 30.9 Å². The van der Waals surface area contributed by atoms with Gasteiger partial charge in [-0.1, -0.05) is 30.3 Å². The number of nitrogens with one attached hydrogen (secondary N) is 2. The molecule has 13 heteroatoms. The molecule has 0 radical (unpaired) electrons. The quantitative estimate of drug-likeness (QED) is 0.363. The Labute approximate surface area is 239 Å². The number of amides is 3. The molecule has 220 valence electrons. The number of aliphatic hydroxyl groups excluding tert-OH is 1. The molecule has 12 nitrogen and oxygen atoms in total. The molecular weight excluding hydrogens is 550 g/mol. The smallest absolute Gasteiger partial charge is 0.321 e. The molecule has 3 N–H and O–H groups in total. The van der Waals surface area contributed by atoms with Crippen LogP contribution in [0.2, 0.25) is 0 Å². The van der Waals surface area contributed by atoms with Gasteiger partial charge in [-0.15, -0.1) is 0 Å². The molecule has 0 spiro atoms. The number of hydrogen-bond donors (Lipinski definition) is 3. The van der Waals surface area contributed by atoms with E-state index in [1.807, 2.05) is 25.1 Å². The van der Waals surface area contributed by atoms with Gasteiger partial charge < -0.3 is 29.5 Å². The van der Waals surface area contributed by atoms with Crippen molar-refractivity contribution in [3.05, 3.63) is 65.5 Å². The number of carbonyl (C=O) groups excluding carboxylic acids is 2. The van der Waals surface area contributed by atoms with E-state index in [9.17, 15) is 23.1 Å². The van der Waals surface area contributed by atoms with Gasteiger partial charge in [-0.3, -0.25) is 9.52 Å². The fraction of sp³-hybridized carbons (Fsp3) is 0.393. The molecule has 0 saturated heterocycles. The number of aryl methyl sites for hydroxylation is 2. The normalized spacial score (nSPS) is 18.0. The third-order valence-electron chi connectivity index (χ3n) is 6.98. The van der Waals surface area contributed by atoms with Crippen LogP contribution in [0.25, 0.3) is 0 Å². The zero-order chi connectivity index (χ0) is 29.9. The average molecular weight is 586 g/mol. The van der Waals surface area contributed by atoms with Crippen LogP contribution in [0, 0.1) is 19.8 Å². The standard InChI is InChI=1S/C28H35N5O7S/c1-17-14-33(18(2)16-34)27(35)23-13-22(31-41(37,38)26-19(3)30-40-20(26)4)11-12-24(23)39-25(17)15-32(5)28(36)29-21-9-7-6-8-10-21/h6-13,17-18,25,31,34H,14-16H2,1-5H3,(H,29,36)/t17-,18-,25-/m0/s1. The first kappa shape index (κ1) is 29.9. The number of aliphatic hydroxyl groups is 1. The number of anilines is 2. The monoisotopic (exact) mass is 585 g/mol. The molecule has 2 heterocycles. The number of likely N-dealkylation sites (N-methyl/N-ethyl adjacent to an activating group) is 1. The molecule has 0 fully saturated rings. The van der Waals surface area contributed by atoms with E-state index in [-0.39, 0.29) is 65.0 Å². The summed E-state index contributed by atoms with van der Waals surface area (Å²) < 4.78 is 40.0. The number of nitrogens with zero attached hydrogens (tertiary/aromatic N) is 3. The van der Waals surface area contributed by atoms with Crippen LogP contribution in [0.15, 0.2) is 57.9 Å². The number of carbonyl (C=O) groups is 2. The highest BCUT2D eigenvalue weighted by Gasteiger charge is 2.34. The third-order valence-corrected chi connectivity index (χ3v) is 8.60. The molecular formula is C28H35N5O7S. The molecule has 3 aromatic rings. The number of sulfonamides is 1. The van der Waals surface area contributed by atoms with Gasteiger partial charge >= 0.3 is 6.03 Å². The fourth-order valence-corrected chi connectivity index (χ4v) is 6.04. The van der Waals surface area contributed by atoms with Crippen molar-refractivity contribution in [2.24, 2.45) is 5.92 Å². The fourth-order valence-electron chi connectivity index (χ4n) is 4.66. The van der Waals surface area contributed by atoms with E-state index in [1.165, 1.54) is 41.8 Å². The number of aromatic nitrogens is 1. The van der Waals surface area contributed by atoms with Crippen LogP contribution in [0.5, 0.6) is 5.75 Å². The Kier molecular flexibility index (Phi) is 8.88. The van der Waals surface area contributed by atoms with Gasteiger partial charge in [-0.05, 0) is 51.1 Å². The number of urea groups is 1. The largest absolute Gasteiger partial charge is 0.487 e. The van der Waals surface area contributed by atoms with Crippen LogP contribution in [0.4, 0.5) is 16.2 Å². The second kappa shape index (κ2) is 12.2. The summed E-state index contributed by atoms with van der Waals surface area (Å²) in [5.41, 5.74) is 1.13. The summed E-state index contributed by atoms with van der Waals surface area (Å²) in [6, 6.07) is 12.7. The van der Waals surface area contributed by atoms with E-state index in [0.29, 0.717) is 5.69 Å². The van der Waals surface area contributed by atoms with E-state index < -0.39 is 28.1 Å². The average Bonchev–Trinajstić information content (AvgIpc) is 3.29. The minimum absolute atomic E-state index is 0.0759. The molecule has 0 unspecified atom stereocenters. The van der Waals surface area contributed by atoms with E-state index in [2.05, 4.69) is 15.2 Å². The van der Waals surface area contributed by atoms with Crippen LogP contribution < -0.4 is 14.8 Å². The molecule has 0 bridgehead atoms. The summed E-state index contributed by atoms with van der Waals surface area (Å²) in [6.07, 6.45) is -0.522. The SMILES string of the molecule is Cc1noc(C)c1S(=O)(=O)Nc1ccc2c(c1)C(=O)N([C@@H](C)CO)C[C@H](C)[C@H](CN(C)C(=O)Nc1ccccc1)O2. The van der Waals surface area contributed by atoms with Crippen molar-refractivity contribution in [2.45, 2.75) is 44.7 Å². The molecule has 4 rings (SSSR count). The Balaban J connectivity index is 1.63. The van der Waals surface area contributed by atoms with E-state index in [1.54, 1.807) is 26.1 Å². The number of hydrogen-bond acceptors (Lipinski definition) is 8. The third kappa shape index (κ3) is 6.63. The minimum Gasteiger partial charge on any atom is -0.487 e. The number of fused-ring (bicyclic) bond motifs is 1. The molecule has 2 aromatic carbocycles. The van der Waals surface area contributed by atoms with Crippen molar-refractivity contribution in [1.29, 1.82) is 0 Å². The van der Waals surface area contributed by atoms with Crippen LogP contribution >= 0.6 is 0 Å². The number of para-hydroxylation sites is 1. The first-order valence-corrected chi connectivity index (χ1v) is 14.6. The summed E-state index contributed by atoms with van der Waals surface area (Å²) in [5, 5.41) is 16.5. The van der Waals surface area contributed by atoms with Gasteiger partial charge in [-0.2, -0.15) is 0 Å². The molecule has 1 aliphatic rings. The van der Waals surface area contributed by atoms with Crippen molar-refractivity contribution in [3.8, 4) is 5.75 Å². The lowest BCUT2D eigenvalue weighted by atomic mass is 9.99. The predicted molar refractivity (Wildman–Crippen MR) is 152 cm³/mol. The lowest BCUT2D eigenvalue weighted by Crippen LogP contribution is -2.50. The van der Waals surface area contributed by atoms with Gasteiger partial charge in [-0.25, -0.2) is 13.2 Å². The zero-order valence-corrected chi connectivity index (χ0v) is 24.4. The minimum atomic E-state index is -4.06. The van der Waals surface area contributed by atoms with Crippen molar-refractivity contribution in [1.82, 2.24) is 15.0 Å². The van der Waals surface area contributed by atoms with E-state index in [0.717, 1.165) is 0 Å². The lowest BCUT2D eigenvalue weighted by molar-refractivity contribution is 0.0371. The Morgan fingerprint density at radius 2 is 1.90 bits per heavy atom. The molecule has 3 amide bonds. The van der Waals surface area contributed by atoms with Crippen molar-refractivity contribution >= 4 is 33.3 Å². The Morgan fingerprint density at radius 1 is 1.20 bits per heavy atom. The molecule has 3 atom stereocenters. The molecule has 0 saturated carbocycles.